The van der Waals surface area contributed by atoms with Crippen LogP contribution in [0.3, 0.4) is 0 Å². The highest BCUT2D eigenvalue weighted by Gasteiger charge is 2.68. The number of ketones is 1. The van der Waals surface area contributed by atoms with Crippen molar-refractivity contribution in [1.29, 1.82) is 0 Å². The van der Waals surface area contributed by atoms with Crippen molar-refractivity contribution >= 4 is 11.7 Å². The number of carbonyl (C=O) groups excluding carboxylic acids is 2. The number of Topliss-reactive ketones (excluding diaryl/α,β-unsaturated/α-hetero) is 1. The lowest BCUT2D eigenvalue weighted by Crippen LogP contribution is -2.69. The molecule has 4 atom stereocenters. The van der Waals surface area contributed by atoms with Crippen molar-refractivity contribution in [2.75, 3.05) is 0 Å². The SMILES string of the molecule is C[C@H]1CC[C@H]2C(C)(C)C(=O)CC[C@]23Oc2c(c(O)cc4c2CNC4=O)C[C@]13C. The van der Waals surface area contributed by atoms with Gasteiger partial charge in [0, 0.05) is 40.8 Å². The molecule has 2 heterocycles. The van der Waals surface area contributed by atoms with Gasteiger partial charge in [0.1, 0.15) is 22.9 Å². The molecule has 5 rings (SSSR count). The molecular formula is C23H29NO4. The highest BCUT2D eigenvalue weighted by Crippen LogP contribution is 2.66. The minimum absolute atomic E-state index is 0.138. The molecule has 150 valence electrons. The van der Waals surface area contributed by atoms with Gasteiger partial charge in [0.25, 0.3) is 5.91 Å². The third-order valence-electron chi connectivity index (χ3n) is 8.78. The van der Waals surface area contributed by atoms with Gasteiger partial charge in [-0.1, -0.05) is 27.7 Å². The Morgan fingerprint density at radius 1 is 1.18 bits per heavy atom. The Morgan fingerprint density at radius 2 is 1.93 bits per heavy atom. The number of amides is 1. The smallest absolute Gasteiger partial charge is 0.252 e. The van der Waals surface area contributed by atoms with Gasteiger partial charge >= 0.3 is 0 Å². The Balaban J connectivity index is 1.74. The number of nitrogens with one attached hydrogen (secondary N) is 1. The lowest BCUT2D eigenvalue weighted by atomic mass is 9.44. The monoisotopic (exact) mass is 383 g/mol. The maximum Gasteiger partial charge on any atom is 0.252 e. The van der Waals surface area contributed by atoms with E-state index in [4.69, 9.17) is 4.74 Å². The van der Waals surface area contributed by atoms with Crippen molar-refractivity contribution in [1.82, 2.24) is 5.32 Å². The zero-order chi connectivity index (χ0) is 20.1. The van der Waals surface area contributed by atoms with Crippen molar-refractivity contribution in [3.8, 4) is 11.5 Å². The van der Waals surface area contributed by atoms with Gasteiger partial charge in [0.05, 0.1) is 5.56 Å². The normalized spacial score (nSPS) is 37.9. The van der Waals surface area contributed by atoms with Crippen LogP contribution in [0.15, 0.2) is 6.07 Å². The van der Waals surface area contributed by atoms with Gasteiger partial charge < -0.3 is 15.2 Å². The number of rotatable bonds is 0. The highest BCUT2D eigenvalue weighted by atomic mass is 16.5. The largest absolute Gasteiger partial charge is 0.508 e. The van der Waals surface area contributed by atoms with Crippen molar-refractivity contribution in [3.05, 3.63) is 22.8 Å². The zero-order valence-electron chi connectivity index (χ0n) is 17.1. The molecule has 5 heteroatoms. The summed E-state index contributed by atoms with van der Waals surface area (Å²) in [5, 5.41) is 13.6. The lowest BCUT2D eigenvalue weighted by Gasteiger charge is -2.65. The van der Waals surface area contributed by atoms with Gasteiger partial charge in [-0.05, 0) is 37.7 Å². The van der Waals surface area contributed by atoms with Crippen LogP contribution in [0.2, 0.25) is 0 Å². The fourth-order valence-electron chi connectivity index (χ4n) is 6.78. The first-order valence-electron chi connectivity index (χ1n) is 10.5. The van der Waals surface area contributed by atoms with E-state index in [9.17, 15) is 14.7 Å². The predicted molar refractivity (Wildman–Crippen MR) is 104 cm³/mol. The van der Waals surface area contributed by atoms with Gasteiger partial charge in [-0.25, -0.2) is 0 Å². The molecule has 4 aliphatic rings. The number of hydrogen-bond acceptors (Lipinski definition) is 4. The topological polar surface area (TPSA) is 75.6 Å². The van der Waals surface area contributed by atoms with Gasteiger partial charge in [-0.15, -0.1) is 0 Å². The summed E-state index contributed by atoms with van der Waals surface area (Å²) in [5.74, 6) is 1.58. The Morgan fingerprint density at radius 3 is 2.68 bits per heavy atom. The molecule has 0 bridgehead atoms. The molecule has 1 aromatic rings. The first-order valence-corrected chi connectivity index (χ1v) is 10.5. The molecule has 1 aromatic carbocycles. The van der Waals surface area contributed by atoms with Crippen LogP contribution in [-0.4, -0.2) is 22.4 Å². The van der Waals surface area contributed by atoms with E-state index in [1.165, 1.54) is 0 Å². The first-order chi connectivity index (χ1) is 13.1. The summed E-state index contributed by atoms with van der Waals surface area (Å²) in [6.45, 7) is 9.16. The van der Waals surface area contributed by atoms with E-state index in [1.54, 1.807) is 6.07 Å². The zero-order valence-corrected chi connectivity index (χ0v) is 17.1. The fraction of sp³-hybridized carbons (Fsp3) is 0.652. The number of hydrogen-bond donors (Lipinski definition) is 2. The van der Waals surface area contributed by atoms with E-state index in [2.05, 4.69) is 33.0 Å². The van der Waals surface area contributed by atoms with Gasteiger partial charge in [-0.2, -0.15) is 0 Å². The number of benzene rings is 1. The molecule has 1 spiro atoms. The third-order valence-corrected chi connectivity index (χ3v) is 8.78. The quantitative estimate of drug-likeness (QED) is 0.715. The van der Waals surface area contributed by atoms with Crippen LogP contribution in [0, 0.1) is 22.7 Å². The summed E-state index contributed by atoms with van der Waals surface area (Å²) >= 11 is 0. The molecule has 5 nitrogen and oxygen atoms in total. The standard InChI is InChI=1S/C23H29NO4/c1-12-5-6-17-21(2,3)18(26)7-8-23(17)22(12,4)10-14-16(25)9-13-15(19(14)28-23)11-24-20(13)27/h9,12,17,25H,5-8,10-11H2,1-4H3,(H,24,27)/t12-,17-,22+,23-/m0/s1. The second-order valence-electron chi connectivity index (χ2n) is 10.2. The fourth-order valence-corrected chi connectivity index (χ4v) is 6.78. The van der Waals surface area contributed by atoms with Gasteiger partial charge in [0.15, 0.2) is 0 Å². The Hall–Kier alpha value is -2.04. The summed E-state index contributed by atoms with van der Waals surface area (Å²) in [4.78, 5) is 25.0. The maximum absolute atomic E-state index is 12.8. The minimum atomic E-state index is -0.442. The second-order valence-corrected chi connectivity index (χ2v) is 10.2. The van der Waals surface area contributed by atoms with E-state index in [0.29, 0.717) is 42.4 Å². The number of phenols is 1. The van der Waals surface area contributed by atoms with Gasteiger partial charge in [-0.3, -0.25) is 9.59 Å². The van der Waals surface area contributed by atoms with E-state index in [1.807, 2.05) is 0 Å². The van der Waals surface area contributed by atoms with Crippen molar-refractivity contribution in [2.45, 2.75) is 71.9 Å². The second kappa shape index (κ2) is 5.31. The summed E-state index contributed by atoms with van der Waals surface area (Å²) in [5.41, 5.74) is 1.17. The molecule has 2 N–H and O–H groups in total. The molecule has 2 aliphatic carbocycles. The van der Waals surface area contributed by atoms with E-state index >= 15 is 0 Å². The Bertz CT molecular complexity index is 920. The van der Waals surface area contributed by atoms with Crippen LogP contribution in [0.1, 0.15) is 74.9 Å². The van der Waals surface area contributed by atoms with Crippen molar-refractivity contribution in [2.24, 2.45) is 22.7 Å². The number of fused-ring (bicyclic) bond motifs is 3. The van der Waals surface area contributed by atoms with Crippen LogP contribution in [0.5, 0.6) is 11.5 Å². The number of carbonyl (C=O) groups is 2. The average Bonchev–Trinajstić information content (AvgIpc) is 3.00. The van der Waals surface area contributed by atoms with E-state index < -0.39 is 11.0 Å². The number of aromatic hydroxyl groups is 1. The number of ether oxygens (including phenoxy) is 1. The maximum atomic E-state index is 12.8. The van der Waals surface area contributed by atoms with Crippen LogP contribution in [0.25, 0.3) is 0 Å². The predicted octanol–water partition coefficient (Wildman–Crippen LogP) is 3.75. The molecule has 1 amide bonds. The summed E-state index contributed by atoms with van der Waals surface area (Å²) < 4.78 is 6.95. The molecule has 0 unspecified atom stereocenters. The van der Waals surface area contributed by atoms with Gasteiger partial charge in [0.2, 0.25) is 0 Å². The third kappa shape index (κ3) is 1.93. The molecule has 0 aromatic heterocycles. The molecule has 0 saturated heterocycles. The van der Waals surface area contributed by atoms with E-state index in [0.717, 1.165) is 30.4 Å². The Labute approximate surface area is 165 Å². The van der Waals surface area contributed by atoms with Crippen molar-refractivity contribution in [3.63, 3.8) is 0 Å². The summed E-state index contributed by atoms with van der Waals surface area (Å²) in [6.07, 6.45) is 4.00. The summed E-state index contributed by atoms with van der Waals surface area (Å²) in [6, 6.07) is 1.60. The molecule has 2 saturated carbocycles. The first kappa shape index (κ1) is 18.0. The van der Waals surface area contributed by atoms with Crippen LogP contribution < -0.4 is 10.1 Å². The summed E-state index contributed by atoms with van der Waals surface area (Å²) in [7, 11) is 0. The van der Waals surface area contributed by atoms with Crippen LogP contribution in [0.4, 0.5) is 0 Å². The molecule has 2 fully saturated rings. The Kier molecular flexibility index (Phi) is 3.42. The van der Waals surface area contributed by atoms with E-state index in [-0.39, 0.29) is 23.0 Å². The molecule has 28 heavy (non-hydrogen) atoms. The number of phenolic OH excluding ortho intramolecular Hbond substituents is 1. The minimum Gasteiger partial charge on any atom is -0.508 e. The van der Waals surface area contributed by atoms with Crippen LogP contribution in [-0.2, 0) is 17.8 Å². The molecule has 2 aliphatic heterocycles. The lowest BCUT2D eigenvalue weighted by molar-refractivity contribution is -0.209. The highest BCUT2D eigenvalue weighted by molar-refractivity contribution is 6.00. The molecule has 0 radical (unpaired) electrons. The van der Waals surface area contributed by atoms with Crippen LogP contribution >= 0.6 is 0 Å². The molecular weight excluding hydrogens is 354 g/mol. The average molecular weight is 383 g/mol. The van der Waals surface area contributed by atoms with Crippen molar-refractivity contribution < 1.29 is 19.4 Å².